The number of benzene rings is 1. The SMILES string of the molecule is CN(Cc1ncc[nH]1)C(=O)c1cccc(N)c1Br. The Labute approximate surface area is 113 Å². The molecular weight excluding hydrogens is 296 g/mol. The molecule has 0 saturated carbocycles. The lowest BCUT2D eigenvalue weighted by Gasteiger charge is -2.17. The molecule has 5 nitrogen and oxygen atoms in total. The lowest BCUT2D eigenvalue weighted by Crippen LogP contribution is -2.27. The minimum Gasteiger partial charge on any atom is -0.398 e. The molecule has 0 unspecified atom stereocenters. The number of amides is 1. The summed E-state index contributed by atoms with van der Waals surface area (Å²) in [4.78, 5) is 20.9. The van der Waals surface area contributed by atoms with E-state index in [0.717, 1.165) is 5.82 Å². The second kappa shape index (κ2) is 5.22. The molecule has 0 aliphatic heterocycles. The second-order valence-corrected chi connectivity index (χ2v) is 4.70. The van der Waals surface area contributed by atoms with Crippen LogP contribution in [-0.2, 0) is 6.54 Å². The van der Waals surface area contributed by atoms with Crippen molar-refractivity contribution in [3.05, 3.63) is 46.5 Å². The highest BCUT2D eigenvalue weighted by Gasteiger charge is 2.16. The van der Waals surface area contributed by atoms with Crippen LogP contribution in [0.2, 0.25) is 0 Å². The van der Waals surface area contributed by atoms with Crippen molar-refractivity contribution in [1.29, 1.82) is 0 Å². The van der Waals surface area contributed by atoms with Crippen molar-refractivity contribution >= 4 is 27.5 Å². The van der Waals surface area contributed by atoms with E-state index in [4.69, 9.17) is 5.73 Å². The van der Waals surface area contributed by atoms with Gasteiger partial charge in [0, 0.05) is 25.1 Å². The Hall–Kier alpha value is -1.82. The van der Waals surface area contributed by atoms with Crippen molar-refractivity contribution in [3.8, 4) is 0 Å². The number of nitrogens with two attached hydrogens (primary N) is 1. The normalized spacial score (nSPS) is 10.3. The van der Waals surface area contributed by atoms with Crippen LogP contribution < -0.4 is 5.73 Å². The molecule has 1 heterocycles. The van der Waals surface area contributed by atoms with Crippen LogP contribution in [0.1, 0.15) is 16.2 Å². The molecule has 94 valence electrons. The maximum absolute atomic E-state index is 12.2. The van der Waals surface area contributed by atoms with Crippen LogP contribution in [0.15, 0.2) is 35.1 Å². The Morgan fingerprint density at radius 1 is 1.56 bits per heavy atom. The van der Waals surface area contributed by atoms with Crippen molar-refractivity contribution in [2.45, 2.75) is 6.54 Å². The van der Waals surface area contributed by atoms with Crippen molar-refractivity contribution in [2.75, 3.05) is 12.8 Å². The summed E-state index contributed by atoms with van der Waals surface area (Å²) < 4.78 is 0.626. The molecule has 2 aromatic rings. The number of imidazole rings is 1. The molecule has 1 aromatic carbocycles. The van der Waals surface area contributed by atoms with Gasteiger partial charge in [0.2, 0.25) is 0 Å². The zero-order valence-corrected chi connectivity index (χ0v) is 11.4. The van der Waals surface area contributed by atoms with Crippen LogP contribution in [-0.4, -0.2) is 27.8 Å². The van der Waals surface area contributed by atoms with Gasteiger partial charge in [-0.15, -0.1) is 0 Å². The van der Waals surface area contributed by atoms with E-state index in [-0.39, 0.29) is 5.91 Å². The minimum absolute atomic E-state index is 0.106. The second-order valence-electron chi connectivity index (χ2n) is 3.91. The number of nitrogens with zero attached hydrogens (tertiary/aromatic N) is 2. The highest BCUT2D eigenvalue weighted by atomic mass is 79.9. The first-order valence-electron chi connectivity index (χ1n) is 5.37. The van der Waals surface area contributed by atoms with Gasteiger partial charge in [-0.2, -0.15) is 0 Å². The third-order valence-corrected chi connectivity index (χ3v) is 3.43. The predicted octanol–water partition coefficient (Wildman–Crippen LogP) is 2.03. The van der Waals surface area contributed by atoms with E-state index in [1.165, 1.54) is 0 Å². The molecule has 6 heteroatoms. The van der Waals surface area contributed by atoms with E-state index in [1.54, 1.807) is 42.5 Å². The number of nitrogens with one attached hydrogen (secondary N) is 1. The molecule has 0 saturated heterocycles. The summed E-state index contributed by atoms with van der Waals surface area (Å²) in [5, 5.41) is 0. The number of aromatic amines is 1. The molecule has 0 fully saturated rings. The molecule has 18 heavy (non-hydrogen) atoms. The fourth-order valence-corrected chi connectivity index (χ4v) is 2.04. The Morgan fingerprint density at radius 3 is 3.00 bits per heavy atom. The highest BCUT2D eigenvalue weighted by molar-refractivity contribution is 9.10. The molecule has 0 bridgehead atoms. The number of halogens is 1. The van der Waals surface area contributed by atoms with Gasteiger partial charge in [0.1, 0.15) is 5.82 Å². The van der Waals surface area contributed by atoms with Gasteiger partial charge < -0.3 is 15.6 Å². The van der Waals surface area contributed by atoms with Gasteiger partial charge >= 0.3 is 0 Å². The Kier molecular flexibility index (Phi) is 3.66. The number of anilines is 1. The first-order chi connectivity index (χ1) is 8.59. The summed E-state index contributed by atoms with van der Waals surface area (Å²) >= 11 is 3.33. The van der Waals surface area contributed by atoms with E-state index in [1.807, 2.05) is 0 Å². The number of hydrogen-bond donors (Lipinski definition) is 2. The van der Waals surface area contributed by atoms with Crippen LogP contribution in [0.3, 0.4) is 0 Å². The lowest BCUT2D eigenvalue weighted by atomic mass is 10.2. The molecule has 2 rings (SSSR count). The monoisotopic (exact) mass is 308 g/mol. The van der Waals surface area contributed by atoms with Crippen LogP contribution >= 0.6 is 15.9 Å². The van der Waals surface area contributed by atoms with E-state index >= 15 is 0 Å². The Morgan fingerprint density at radius 2 is 2.33 bits per heavy atom. The molecular formula is C12H13BrN4O. The number of aromatic nitrogens is 2. The quantitative estimate of drug-likeness (QED) is 0.852. The van der Waals surface area contributed by atoms with Gasteiger partial charge in [-0.05, 0) is 28.1 Å². The number of rotatable bonds is 3. The summed E-state index contributed by atoms with van der Waals surface area (Å²) in [6.45, 7) is 0.424. The van der Waals surface area contributed by atoms with Crippen LogP contribution in [0.5, 0.6) is 0 Å². The maximum Gasteiger partial charge on any atom is 0.255 e. The van der Waals surface area contributed by atoms with Crippen molar-refractivity contribution in [2.24, 2.45) is 0 Å². The molecule has 1 amide bonds. The number of H-pyrrole nitrogens is 1. The first-order valence-corrected chi connectivity index (χ1v) is 6.16. The van der Waals surface area contributed by atoms with Crippen LogP contribution in [0.4, 0.5) is 5.69 Å². The number of carbonyl (C=O) groups excluding carboxylic acids is 1. The standard InChI is InChI=1S/C12H13BrN4O/c1-17(7-10-15-5-6-16-10)12(18)8-3-2-4-9(14)11(8)13/h2-6H,7,14H2,1H3,(H,15,16). The summed E-state index contributed by atoms with van der Waals surface area (Å²) in [5.41, 5.74) is 6.85. The van der Waals surface area contributed by atoms with Gasteiger partial charge in [-0.3, -0.25) is 4.79 Å². The molecule has 0 spiro atoms. The average Bonchev–Trinajstić information content (AvgIpc) is 2.84. The maximum atomic E-state index is 12.2. The fraction of sp³-hybridized carbons (Fsp3) is 0.167. The van der Waals surface area contributed by atoms with Crippen LogP contribution in [0, 0.1) is 0 Å². The lowest BCUT2D eigenvalue weighted by molar-refractivity contribution is 0.0781. The molecule has 0 radical (unpaired) electrons. The van der Waals surface area contributed by atoms with Gasteiger partial charge in [0.15, 0.2) is 0 Å². The molecule has 3 N–H and O–H groups in total. The largest absolute Gasteiger partial charge is 0.398 e. The third-order valence-electron chi connectivity index (χ3n) is 2.55. The van der Waals surface area contributed by atoms with E-state index < -0.39 is 0 Å². The topological polar surface area (TPSA) is 75.0 Å². The summed E-state index contributed by atoms with van der Waals surface area (Å²) in [6.07, 6.45) is 3.38. The molecule has 1 aromatic heterocycles. The van der Waals surface area contributed by atoms with Crippen molar-refractivity contribution < 1.29 is 4.79 Å². The summed E-state index contributed by atoms with van der Waals surface area (Å²) in [7, 11) is 1.72. The van der Waals surface area contributed by atoms with Crippen LogP contribution in [0.25, 0.3) is 0 Å². The number of carbonyl (C=O) groups is 1. The van der Waals surface area contributed by atoms with Crippen molar-refractivity contribution in [1.82, 2.24) is 14.9 Å². The fourth-order valence-electron chi connectivity index (χ4n) is 1.60. The molecule has 0 aliphatic carbocycles. The smallest absolute Gasteiger partial charge is 0.255 e. The van der Waals surface area contributed by atoms with E-state index in [2.05, 4.69) is 25.9 Å². The van der Waals surface area contributed by atoms with Gasteiger partial charge in [0.05, 0.1) is 16.6 Å². The first kappa shape index (κ1) is 12.6. The summed E-state index contributed by atoms with van der Waals surface area (Å²) in [6, 6.07) is 5.24. The highest BCUT2D eigenvalue weighted by Crippen LogP contribution is 2.24. The zero-order chi connectivity index (χ0) is 13.1. The Bertz CT molecular complexity index is 553. The third kappa shape index (κ3) is 2.53. The molecule has 0 atom stereocenters. The Balaban J connectivity index is 2.18. The van der Waals surface area contributed by atoms with Crippen molar-refractivity contribution in [3.63, 3.8) is 0 Å². The van der Waals surface area contributed by atoms with Gasteiger partial charge in [-0.1, -0.05) is 6.07 Å². The van der Waals surface area contributed by atoms with E-state index in [0.29, 0.717) is 22.3 Å². The number of hydrogen-bond acceptors (Lipinski definition) is 3. The predicted molar refractivity (Wildman–Crippen MR) is 72.9 cm³/mol. The van der Waals surface area contributed by atoms with E-state index in [9.17, 15) is 4.79 Å². The average molecular weight is 309 g/mol. The summed E-state index contributed by atoms with van der Waals surface area (Å²) in [5.74, 6) is 0.636. The molecule has 0 aliphatic rings. The number of nitrogen functional groups attached to an aromatic ring is 1. The minimum atomic E-state index is -0.106. The van der Waals surface area contributed by atoms with Gasteiger partial charge in [0.25, 0.3) is 5.91 Å². The zero-order valence-electron chi connectivity index (χ0n) is 9.85. The van der Waals surface area contributed by atoms with Gasteiger partial charge in [-0.25, -0.2) is 4.98 Å².